The van der Waals surface area contributed by atoms with Crippen molar-refractivity contribution in [1.29, 1.82) is 0 Å². The van der Waals surface area contributed by atoms with Crippen molar-refractivity contribution in [2.75, 3.05) is 26.2 Å². The van der Waals surface area contributed by atoms with Gasteiger partial charge in [-0.2, -0.15) is 0 Å². The van der Waals surface area contributed by atoms with E-state index < -0.39 is 5.97 Å². The molecular formula is C21H22Cl2N4O4S. The number of amides is 1. The van der Waals surface area contributed by atoms with Gasteiger partial charge in [-0.15, -0.1) is 10.2 Å². The van der Waals surface area contributed by atoms with Gasteiger partial charge in [-0.3, -0.25) is 14.0 Å². The van der Waals surface area contributed by atoms with Gasteiger partial charge >= 0.3 is 5.97 Å². The van der Waals surface area contributed by atoms with E-state index in [1.54, 1.807) is 22.5 Å². The van der Waals surface area contributed by atoms with Crippen LogP contribution in [0.3, 0.4) is 0 Å². The number of aliphatic carboxylic acids is 1. The highest BCUT2D eigenvalue weighted by Gasteiger charge is 2.25. The van der Waals surface area contributed by atoms with E-state index in [4.69, 9.17) is 33.0 Å². The maximum absolute atomic E-state index is 12.2. The minimum atomic E-state index is -1.06. The molecule has 1 amide bonds. The molecular weight excluding hydrogens is 475 g/mol. The van der Waals surface area contributed by atoms with E-state index in [2.05, 4.69) is 15.1 Å². The number of hydrogen-bond donors (Lipinski definition) is 1. The quantitative estimate of drug-likeness (QED) is 0.437. The molecule has 1 saturated heterocycles. The van der Waals surface area contributed by atoms with Gasteiger partial charge in [0.1, 0.15) is 5.03 Å². The molecule has 2 heterocycles. The molecule has 3 rings (SSSR count). The molecule has 0 radical (unpaired) electrons. The number of halogens is 2. The standard InChI is InChI=1S/C21H22Cl2N4O4S/c1-14(28)27(32-20-6-3-16(24-25-20)4-7-21(29)30)13-17-12-26(8-9-31-17)11-15-2-5-18(22)19(23)10-15/h2-7,10,17H,8-9,11-13H2,1H3,(H,29,30)/b7-4+/t17-/m0/s1. The molecule has 1 aromatic carbocycles. The van der Waals surface area contributed by atoms with Crippen LogP contribution in [-0.4, -0.2) is 68.7 Å². The summed E-state index contributed by atoms with van der Waals surface area (Å²) in [6, 6.07) is 8.93. The Morgan fingerprint density at radius 2 is 2.09 bits per heavy atom. The number of morpholine rings is 1. The van der Waals surface area contributed by atoms with E-state index in [9.17, 15) is 9.59 Å². The molecule has 0 unspecified atom stereocenters. The fraction of sp³-hybridized carbons (Fsp3) is 0.333. The molecule has 1 N–H and O–H groups in total. The van der Waals surface area contributed by atoms with Crippen LogP contribution in [0.5, 0.6) is 0 Å². The average molecular weight is 497 g/mol. The molecule has 1 fully saturated rings. The third kappa shape index (κ3) is 7.46. The van der Waals surface area contributed by atoms with Gasteiger partial charge in [0.15, 0.2) is 0 Å². The number of aromatic nitrogens is 2. The number of carboxylic acid groups (broad SMARTS) is 1. The fourth-order valence-electron chi connectivity index (χ4n) is 3.08. The zero-order chi connectivity index (χ0) is 23.1. The van der Waals surface area contributed by atoms with Gasteiger partial charge in [-0.1, -0.05) is 29.3 Å². The van der Waals surface area contributed by atoms with Crippen molar-refractivity contribution in [3.8, 4) is 0 Å². The first-order valence-electron chi connectivity index (χ1n) is 9.79. The number of hydrogen-bond acceptors (Lipinski definition) is 7. The summed E-state index contributed by atoms with van der Waals surface area (Å²) in [5, 5.41) is 18.3. The van der Waals surface area contributed by atoms with Crippen molar-refractivity contribution < 1.29 is 19.4 Å². The fourth-order valence-corrected chi connectivity index (χ4v) is 4.21. The second-order valence-corrected chi connectivity index (χ2v) is 8.97. The van der Waals surface area contributed by atoms with Gasteiger partial charge in [0.25, 0.3) is 0 Å². The smallest absolute Gasteiger partial charge is 0.328 e. The molecule has 1 aliphatic rings. The van der Waals surface area contributed by atoms with Gasteiger partial charge < -0.3 is 9.84 Å². The van der Waals surface area contributed by atoms with E-state index in [0.29, 0.717) is 47.0 Å². The van der Waals surface area contributed by atoms with Crippen LogP contribution >= 0.6 is 35.1 Å². The minimum Gasteiger partial charge on any atom is -0.478 e. The molecule has 0 saturated carbocycles. The number of rotatable bonds is 8. The number of ether oxygens (including phenoxy) is 1. The maximum atomic E-state index is 12.2. The Balaban J connectivity index is 1.58. The monoisotopic (exact) mass is 496 g/mol. The van der Waals surface area contributed by atoms with Gasteiger partial charge in [0, 0.05) is 44.6 Å². The predicted molar refractivity (Wildman–Crippen MR) is 123 cm³/mol. The normalized spacial score (nSPS) is 16.9. The maximum Gasteiger partial charge on any atom is 0.328 e. The van der Waals surface area contributed by atoms with Crippen LogP contribution in [0.15, 0.2) is 41.4 Å². The lowest BCUT2D eigenvalue weighted by molar-refractivity contribution is -0.131. The van der Waals surface area contributed by atoms with Crippen molar-refractivity contribution >= 4 is 53.1 Å². The number of carboxylic acids is 1. The number of nitrogens with zero attached hydrogens (tertiary/aromatic N) is 4. The first-order chi connectivity index (χ1) is 15.3. The van der Waals surface area contributed by atoms with Gasteiger partial charge in [0.05, 0.1) is 35.0 Å². The van der Waals surface area contributed by atoms with Crippen LogP contribution in [0.1, 0.15) is 18.2 Å². The Labute approximate surface area is 200 Å². The lowest BCUT2D eigenvalue weighted by Crippen LogP contribution is -2.46. The summed E-state index contributed by atoms with van der Waals surface area (Å²) < 4.78 is 7.47. The molecule has 0 bridgehead atoms. The SMILES string of the molecule is CC(=O)N(C[C@@H]1CN(Cc2ccc(Cl)c(Cl)c2)CCO1)Sc1ccc(/C=C/C(=O)O)nn1. The molecule has 1 atom stereocenters. The third-order valence-electron chi connectivity index (χ3n) is 4.59. The van der Waals surface area contributed by atoms with Crippen LogP contribution in [0.4, 0.5) is 0 Å². The van der Waals surface area contributed by atoms with Crippen molar-refractivity contribution in [3.63, 3.8) is 0 Å². The molecule has 2 aromatic rings. The Morgan fingerprint density at radius 1 is 1.28 bits per heavy atom. The lowest BCUT2D eigenvalue weighted by atomic mass is 10.2. The largest absolute Gasteiger partial charge is 0.478 e. The van der Waals surface area contributed by atoms with Crippen LogP contribution < -0.4 is 0 Å². The Bertz CT molecular complexity index is 990. The van der Waals surface area contributed by atoms with Gasteiger partial charge in [-0.25, -0.2) is 4.79 Å². The molecule has 32 heavy (non-hydrogen) atoms. The topological polar surface area (TPSA) is 95.9 Å². The highest BCUT2D eigenvalue weighted by atomic mass is 35.5. The zero-order valence-corrected chi connectivity index (χ0v) is 19.6. The van der Waals surface area contributed by atoms with Crippen molar-refractivity contribution in [2.45, 2.75) is 24.6 Å². The summed E-state index contributed by atoms with van der Waals surface area (Å²) >= 11 is 13.3. The summed E-state index contributed by atoms with van der Waals surface area (Å²) in [7, 11) is 0. The summed E-state index contributed by atoms with van der Waals surface area (Å²) in [4.78, 5) is 25.0. The number of carbonyl (C=O) groups is 2. The van der Waals surface area contributed by atoms with Gasteiger partial charge in [-0.05, 0) is 35.9 Å². The van der Waals surface area contributed by atoms with E-state index >= 15 is 0 Å². The molecule has 1 aliphatic heterocycles. The third-order valence-corrected chi connectivity index (χ3v) is 6.37. The van der Waals surface area contributed by atoms with E-state index in [0.717, 1.165) is 18.2 Å². The van der Waals surface area contributed by atoms with Gasteiger partial charge in [0.2, 0.25) is 5.91 Å². The van der Waals surface area contributed by atoms with Crippen LogP contribution in [0, 0.1) is 0 Å². The molecule has 1 aromatic heterocycles. The summed E-state index contributed by atoms with van der Waals surface area (Å²) in [6.45, 7) is 4.59. The molecule has 8 nitrogen and oxygen atoms in total. The van der Waals surface area contributed by atoms with E-state index in [1.165, 1.54) is 24.9 Å². The van der Waals surface area contributed by atoms with Crippen LogP contribution in [-0.2, 0) is 20.9 Å². The van der Waals surface area contributed by atoms with Crippen molar-refractivity contribution in [1.82, 2.24) is 19.4 Å². The first kappa shape index (κ1) is 24.5. The lowest BCUT2D eigenvalue weighted by Gasteiger charge is -2.35. The van der Waals surface area contributed by atoms with Crippen molar-refractivity contribution in [2.24, 2.45) is 0 Å². The van der Waals surface area contributed by atoms with Crippen LogP contribution in [0.2, 0.25) is 10.0 Å². The molecule has 0 aliphatic carbocycles. The highest BCUT2D eigenvalue weighted by Crippen LogP contribution is 2.25. The van der Waals surface area contributed by atoms with E-state index in [1.807, 2.05) is 12.1 Å². The second-order valence-electron chi connectivity index (χ2n) is 7.12. The Morgan fingerprint density at radius 3 is 2.75 bits per heavy atom. The Hall–Kier alpha value is -2.17. The minimum absolute atomic E-state index is 0.128. The molecule has 170 valence electrons. The first-order valence-corrected chi connectivity index (χ1v) is 11.3. The summed E-state index contributed by atoms with van der Waals surface area (Å²) in [6.07, 6.45) is 2.18. The van der Waals surface area contributed by atoms with Crippen molar-refractivity contribution in [3.05, 3.63) is 57.7 Å². The predicted octanol–water partition coefficient (Wildman–Crippen LogP) is 3.64. The Kier molecular flexibility index (Phi) is 8.89. The molecule has 11 heteroatoms. The second kappa shape index (κ2) is 11.6. The molecule has 0 spiro atoms. The average Bonchev–Trinajstić information content (AvgIpc) is 2.75. The van der Waals surface area contributed by atoms with Crippen LogP contribution in [0.25, 0.3) is 6.08 Å². The summed E-state index contributed by atoms with van der Waals surface area (Å²) in [5.41, 5.74) is 1.48. The highest BCUT2D eigenvalue weighted by molar-refractivity contribution is 7.97. The summed E-state index contributed by atoms with van der Waals surface area (Å²) in [5.74, 6) is -1.19. The van der Waals surface area contributed by atoms with E-state index in [-0.39, 0.29) is 12.0 Å². The number of benzene rings is 1. The zero-order valence-electron chi connectivity index (χ0n) is 17.3. The number of carbonyl (C=O) groups excluding carboxylic acids is 1.